The second-order valence-corrected chi connectivity index (χ2v) is 6.92. The van der Waals surface area contributed by atoms with Gasteiger partial charge in [-0.25, -0.2) is 0 Å². The third kappa shape index (κ3) is 4.44. The first-order valence-electron chi connectivity index (χ1n) is 9.40. The van der Waals surface area contributed by atoms with Gasteiger partial charge in [0, 0.05) is 6.04 Å². The van der Waals surface area contributed by atoms with E-state index in [-0.39, 0.29) is 24.8 Å². The Bertz CT molecular complexity index is 836. The zero-order valence-electron chi connectivity index (χ0n) is 15.7. The van der Waals surface area contributed by atoms with Crippen molar-refractivity contribution in [1.29, 1.82) is 0 Å². The molecule has 1 saturated carbocycles. The van der Waals surface area contributed by atoms with Crippen molar-refractivity contribution in [3.05, 3.63) is 36.2 Å². The number of hydrogen-bond acceptors (Lipinski definition) is 7. The van der Waals surface area contributed by atoms with Crippen molar-refractivity contribution in [2.45, 2.75) is 44.2 Å². The number of methoxy groups -OCH3 is 1. The predicted octanol–water partition coefficient (Wildman–Crippen LogP) is 2.26. The Kier molecular flexibility index (Phi) is 5.45. The van der Waals surface area contributed by atoms with E-state index in [1.807, 2.05) is 18.2 Å². The number of benzene rings is 1. The van der Waals surface area contributed by atoms with Gasteiger partial charge in [0.15, 0.2) is 11.5 Å². The summed E-state index contributed by atoms with van der Waals surface area (Å²) in [6, 6.07) is 5.77. The molecule has 2 aliphatic rings. The maximum atomic E-state index is 12.4. The van der Waals surface area contributed by atoms with Gasteiger partial charge in [-0.1, -0.05) is 6.07 Å². The Morgan fingerprint density at radius 2 is 1.93 bits per heavy atom. The fraction of sp³-hybridized carbons (Fsp3) is 0.450. The van der Waals surface area contributed by atoms with Crippen LogP contribution in [0.1, 0.15) is 31.2 Å². The molecule has 0 bridgehead atoms. The summed E-state index contributed by atoms with van der Waals surface area (Å²) in [7, 11) is 1.55. The minimum absolute atomic E-state index is 0.0156. The maximum Gasteiger partial charge on any atom is 0.235 e. The lowest BCUT2D eigenvalue weighted by Crippen LogP contribution is -2.40. The summed E-state index contributed by atoms with van der Waals surface area (Å²) in [4.78, 5) is 20.7. The van der Waals surface area contributed by atoms with Crippen molar-refractivity contribution in [1.82, 2.24) is 15.3 Å². The van der Waals surface area contributed by atoms with Crippen molar-refractivity contribution in [3.63, 3.8) is 0 Å². The molecule has 0 saturated heterocycles. The molecule has 4 rings (SSSR count). The monoisotopic (exact) mass is 385 g/mol. The molecule has 1 aromatic carbocycles. The molecule has 148 valence electrons. The quantitative estimate of drug-likeness (QED) is 0.815. The van der Waals surface area contributed by atoms with E-state index >= 15 is 0 Å². The molecule has 1 aliphatic heterocycles. The first kappa shape index (κ1) is 18.3. The van der Waals surface area contributed by atoms with Gasteiger partial charge in [-0.05, 0) is 43.4 Å². The third-order valence-electron chi connectivity index (χ3n) is 4.93. The van der Waals surface area contributed by atoms with Crippen LogP contribution in [0.25, 0.3) is 0 Å². The van der Waals surface area contributed by atoms with Crippen LogP contribution < -0.4 is 24.3 Å². The van der Waals surface area contributed by atoms with Crippen molar-refractivity contribution >= 4 is 5.91 Å². The van der Waals surface area contributed by atoms with Crippen LogP contribution in [0, 0.1) is 0 Å². The van der Waals surface area contributed by atoms with Crippen LogP contribution in [0.5, 0.6) is 23.3 Å². The van der Waals surface area contributed by atoms with E-state index in [1.54, 1.807) is 19.5 Å². The number of aromatic nitrogens is 2. The Hall–Kier alpha value is -3.03. The number of fused-ring (bicyclic) bond motifs is 1. The summed E-state index contributed by atoms with van der Waals surface area (Å²) in [5, 5.41) is 3.12. The largest absolute Gasteiger partial charge is 0.480 e. The van der Waals surface area contributed by atoms with Crippen molar-refractivity contribution in [3.8, 4) is 23.3 Å². The van der Waals surface area contributed by atoms with Gasteiger partial charge in [-0.2, -0.15) is 4.98 Å². The van der Waals surface area contributed by atoms with Crippen LogP contribution in [-0.4, -0.2) is 41.9 Å². The Balaban J connectivity index is 1.23. The molecule has 1 amide bonds. The first-order valence-corrected chi connectivity index (χ1v) is 9.40. The number of nitrogens with zero attached hydrogens (tertiary/aromatic N) is 2. The third-order valence-corrected chi connectivity index (χ3v) is 4.93. The molecule has 2 heterocycles. The fourth-order valence-electron chi connectivity index (χ4n) is 3.50. The number of hydrogen-bond donors (Lipinski definition) is 1. The predicted molar refractivity (Wildman–Crippen MR) is 99.7 cm³/mol. The highest BCUT2D eigenvalue weighted by atomic mass is 16.7. The van der Waals surface area contributed by atoms with E-state index < -0.39 is 0 Å². The van der Waals surface area contributed by atoms with Crippen LogP contribution >= 0.6 is 0 Å². The normalized spacial score (nSPS) is 20.5. The summed E-state index contributed by atoms with van der Waals surface area (Å²) >= 11 is 0. The molecule has 0 unspecified atom stereocenters. The lowest BCUT2D eigenvalue weighted by atomic mass is 9.92. The van der Waals surface area contributed by atoms with Gasteiger partial charge in [-0.15, -0.1) is 0 Å². The molecule has 2 aromatic rings. The van der Waals surface area contributed by atoms with Gasteiger partial charge in [0.1, 0.15) is 6.10 Å². The SMILES string of the molecule is COc1cncc(OC2CCC(NC(=O)Cc3ccc4c(c3)OCO4)CC2)n1. The highest BCUT2D eigenvalue weighted by Gasteiger charge is 2.24. The van der Waals surface area contributed by atoms with Gasteiger partial charge in [0.2, 0.25) is 24.5 Å². The molecule has 0 radical (unpaired) electrons. The van der Waals surface area contributed by atoms with Gasteiger partial charge in [-0.3, -0.25) is 9.78 Å². The molecule has 0 spiro atoms. The minimum Gasteiger partial charge on any atom is -0.480 e. The van der Waals surface area contributed by atoms with Crippen LogP contribution in [0.15, 0.2) is 30.6 Å². The van der Waals surface area contributed by atoms with E-state index in [0.29, 0.717) is 23.9 Å². The van der Waals surface area contributed by atoms with E-state index in [9.17, 15) is 4.79 Å². The molecular formula is C20H23N3O5. The smallest absolute Gasteiger partial charge is 0.235 e. The number of carbonyl (C=O) groups is 1. The van der Waals surface area contributed by atoms with Crippen LogP contribution in [-0.2, 0) is 11.2 Å². The second-order valence-electron chi connectivity index (χ2n) is 6.92. The summed E-state index contributed by atoms with van der Waals surface area (Å²) < 4.78 is 21.6. The fourth-order valence-corrected chi connectivity index (χ4v) is 3.50. The van der Waals surface area contributed by atoms with E-state index in [2.05, 4.69) is 15.3 Å². The number of rotatable bonds is 6. The number of ether oxygens (including phenoxy) is 4. The van der Waals surface area contributed by atoms with Gasteiger partial charge in [0.05, 0.1) is 25.9 Å². The number of amides is 1. The Labute approximate surface area is 163 Å². The molecule has 28 heavy (non-hydrogen) atoms. The molecule has 1 fully saturated rings. The highest BCUT2D eigenvalue weighted by Crippen LogP contribution is 2.32. The minimum atomic E-state index is 0.0156. The van der Waals surface area contributed by atoms with Crippen LogP contribution in [0.4, 0.5) is 0 Å². The first-order chi connectivity index (χ1) is 13.7. The molecule has 1 aliphatic carbocycles. The van der Waals surface area contributed by atoms with E-state index in [4.69, 9.17) is 18.9 Å². The lowest BCUT2D eigenvalue weighted by molar-refractivity contribution is -0.121. The topological polar surface area (TPSA) is 91.8 Å². The summed E-state index contributed by atoms with van der Waals surface area (Å²) in [6.07, 6.45) is 6.97. The zero-order chi connectivity index (χ0) is 19.3. The zero-order valence-corrected chi connectivity index (χ0v) is 15.7. The van der Waals surface area contributed by atoms with E-state index in [0.717, 1.165) is 37.0 Å². The van der Waals surface area contributed by atoms with Gasteiger partial charge < -0.3 is 24.3 Å². The molecule has 8 nitrogen and oxygen atoms in total. The van der Waals surface area contributed by atoms with Gasteiger partial charge >= 0.3 is 0 Å². The standard InChI is InChI=1S/C20H23N3O5/c1-25-19-10-21-11-20(23-19)28-15-5-3-14(4-6-15)22-18(24)9-13-2-7-16-17(8-13)27-12-26-16/h2,7-8,10-11,14-15H,3-6,9,12H2,1H3,(H,22,24). The summed E-state index contributed by atoms with van der Waals surface area (Å²) in [6.45, 7) is 0.234. The molecular weight excluding hydrogens is 362 g/mol. The Morgan fingerprint density at radius 1 is 1.14 bits per heavy atom. The number of carbonyl (C=O) groups excluding carboxylic acids is 1. The van der Waals surface area contributed by atoms with Crippen molar-refractivity contribution in [2.75, 3.05) is 13.9 Å². The molecule has 8 heteroatoms. The number of nitrogens with one attached hydrogen (secondary N) is 1. The average Bonchev–Trinajstić information content (AvgIpc) is 3.17. The summed E-state index contributed by atoms with van der Waals surface area (Å²) in [5.41, 5.74) is 0.912. The van der Waals surface area contributed by atoms with Gasteiger partial charge in [0.25, 0.3) is 0 Å². The van der Waals surface area contributed by atoms with Crippen molar-refractivity contribution in [2.24, 2.45) is 0 Å². The summed E-state index contributed by atoms with van der Waals surface area (Å²) in [5.74, 6) is 2.34. The lowest BCUT2D eigenvalue weighted by Gasteiger charge is -2.29. The maximum absolute atomic E-state index is 12.4. The molecule has 0 atom stereocenters. The van der Waals surface area contributed by atoms with Crippen molar-refractivity contribution < 1.29 is 23.7 Å². The Morgan fingerprint density at radius 3 is 2.75 bits per heavy atom. The highest BCUT2D eigenvalue weighted by molar-refractivity contribution is 5.79. The molecule has 1 aromatic heterocycles. The average molecular weight is 385 g/mol. The van der Waals surface area contributed by atoms with E-state index in [1.165, 1.54) is 0 Å². The van der Waals surface area contributed by atoms with Crippen LogP contribution in [0.3, 0.4) is 0 Å². The van der Waals surface area contributed by atoms with Crippen LogP contribution in [0.2, 0.25) is 0 Å². The molecule has 1 N–H and O–H groups in total. The second kappa shape index (κ2) is 8.33.